The van der Waals surface area contributed by atoms with Crippen molar-refractivity contribution in [1.82, 2.24) is 0 Å². The molecule has 2 aromatic rings. The first-order valence-electron chi connectivity index (χ1n) is 8.68. The van der Waals surface area contributed by atoms with Crippen molar-refractivity contribution in [2.45, 2.75) is 0 Å². The van der Waals surface area contributed by atoms with E-state index >= 15 is 0 Å². The number of carbonyl (C=O) groups is 1. The van der Waals surface area contributed by atoms with Gasteiger partial charge in [-0.15, -0.1) is 0 Å². The highest BCUT2D eigenvalue weighted by Gasteiger charge is 2.12. The molecule has 4 nitrogen and oxygen atoms in total. The van der Waals surface area contributed by atoms with Gasteiger partial charge in [-0.2, -0.15) is 0 Å². The van der Waals surface area contributed by atoms with Crippen LogP contribution in [0.3, 0.4) is 0 Å². The van der Waals surface area contributed by atoms with Crippen molar-refractivity contribution in [2.75, 3.05) is 26.0 Å². The van der Waals surface area contributed by atoms with Gasteiger partial charge in [0, 0.05) is 26.8 Å². The van der Waals surface area contributed by atoms with Crippen LogP contribution in [0, 0.1) is 0 Å². The molecule has 0 aromatic heterocycles. The Morgan fingerprint density at radius 1 is 0.815 bits per heavy atom. The van der Waals surface area contributed by atoms with E-state index in [9.17, 15) is 4.79 Å². The second kappa shape index (κ2) is 7.87. The first-order chi connectivity index (χ1) is 13.0. The minimum atomic E-state index is -0.924. The summed E-state index contributed by atoms with van der Waals surface area (Å²) in [6.45, 7) is 0. The van der Waals surface area contributed by atoms with Gasteiger partial charge >= 0.3 is 5.97 Å². The maximum atomic E-state index is 11.2. The van der Waals surface area contributed by atoms with E-state index in [1.807, 2.05) is 50.5 Å². The summed E-state index contributed by atoms with van der Waals surface area (Å²) in [6.07, 6.45) is 8.05. The summed E-state index contributed by atoms with van der Waals surface area (Å²) in [5.41, 5.74) is 6.48. The zero-order chi connectivity index (χ0) is 19.4. The number of nitrogens with zero attached hydrogens (tertiary/aromatic N) is 2. The van der Waals surface area contributed by atoms with Crippen LogP contribution in [-0.4, -0.2) is 37.9 Å². The molecular weight excluding hydrogens is 336 g/mol. The largest absolute Gasteiger partial charge is 0.478 e. The van der Waals surface area contributed by atoms with E-state index in [-0.39, 0.29) is 5.56 Å². The molecule has 4 heteroatoms. The third kappa shape index (κ3) is 4.06. The smallest absolute Gasteiger partial charge is 0.335 e. The number of allylic oxidation sites excluding steroid dienone is 5. The van der Waals surface area contributed by atoms with Crippen molar-refractivity contribution < 1.29 is 9.90 Å². The maximum absolute atomic E-state index is 11.2. The van der Waals surface area contributed by atoms with Crippen LogP contribution in [0.15, 0.2) is 83.4 Å². The van der Waals surface area contributed by atoms with Gasteiger partial charge in [0.2, 0.25) is 0 Å². The summed E-state index contributed by atoms with van der Waals surface area (Å²) in [6, 6.07) is 15.3. The van der Waals surface area contributed by atoms with Crippen LogP contribution in [0.5, 0.6) is 0 Å². The van der Waals surface area contributed by atoms with Gasteiger partial charge in [0.15, 0.2) is 0 Å². The molecule has 0 bridgehead atoms. The first-order valence-corrected chi connectivity index (χ1v) is 8.68. The highest BCUT2D eigenvalue weighted by atomic mass is 16.4. The molecule has 0 atom stereocenters. The highest BCUT2D eigenvalue weighted by molar-refractivity contribution is 6.07. The lowest BCUT2D eigenvalue weighted by Gasteiger charge is -2.17. The van der Waals surface area contributed by atoms with Crippen LogP contribution in [0.2, 0.25) is 0 Å². The molecule has 1 aliphatic rings. The average Bonchev–Trinajstić information content (AvgIpc) is 2.69. The summed E-state index contributed by atoms with van der Waals surface area (Å²) in [5, 5.41) is 9.17. The Bertz CT molecular complexity index is 942. The SMILES string of the molecule is CN=C1C=CC(=C(c2ccc(C(=O)O)cc2)c2ccc(N(C)C)cc2)C=C1. The monoisotopic (exact) mass is 358 g/mol. The maximum Gasteiger partial charge on any atom is 0.335 e. The fraction of sp³-hybridized carbons (Fsp3) is 0.130. The molecule has 0 radical (unpaired) electrons. The number of hydrogen-bond acceptors (Lipinski definition) is 3. The number of benzene rings is 2. The van der Waals surface area contributed by atoms with Crippen molar-refractivity contribution in [1.29, 1.82) is 0 Å². The molecule has 1 N–H and O–H groups in total. The average molecular weight is 358 g/mol. The van der Waals surface area contributed by atoms with Gasteiger partial charge in [-0.3, -0.25) is 4.99 Å². The second-order valence-corrected chi connectivity index (χ2v) is 6.47. The van der Waals surface area contributed by atoms with E-state index in [2.05, 4.69) is 34.2 Å². The van der Waals surface area contributed by atoms with Crippen LogP contribution in [0.25, 0.3) is 5.57 Å². The molecule has 0 heterocycles. The summed E-state index contributed by atoms with van der Waals surface area (Å²) in [4.78, 5) is 17.4. The number of rotatable bonds is 4. The van der Waals surface area contributed by atoms with E-state index in [1.54, 1.807) is 19.2 Å². The van der Waals surface area contributed by atoms with E-state index in [0.29, 0.717) is 0 Å². The van der Waals surface area contributed by atoms with Gasteiger partial charge < -0.3 is 10.0 Å². The fourth-order valence-electron chi connectivity index (χ4n) is 2.98. The molecule has 3 rings (SSSR count). The van der Waals surface area contributed by atoms with Gasteiger partial charge in [0.25, 0.3) is 0 Å². The number of hydrogen-bond donors (Lipinski definition) is 1. The van der Waals surface area contributed by atoms with Crippen LogP contribution in [-0.2, 0) is 0 Å². The molecular formula is C23H22N2O2. The molecule has 0 saturated heterocycles. The zero-order valence-corrected chi connectivity index (χ0v) is 15.7. The van der Waals surface area contributed by atoms with Crippen molar-refractivity contribution in [3.63, 3.8) is 0 Å². The van der Waals surface area contributed by atoms with Crippen LogP contribution < -0.4 is 4.90 Å². The van der Waals surface area contributed by atoms with Crippen LogP contribution >= 0.6 is 0 Å². The predicted octanol–water partition coefficient (Wildman–Crippen LogP) is 4.45. The van der Waals surface area contributed by atoms with Crippen LogP contribution in [0.4, 0.5) is 5.69 Å². The van der Waals surface area contributed by atoms with E-state index in [4.69, 9.17) is 5.11 Å². The molecule has 0 fully saturated rings. The zero-order valence-electron chi connectivity index (χ0n) is 15.7. The Morgan fingerprint density at radius 2 is 1.30 bits per heavy atom. The summed E-state index contributed by atoms with van der Waals surface area (Å²) in [5.74, 6) is -0.924. The van der Waals surface area contributed by atoms with Gasteiger partial charge in [-0.25, -0.2) is 4.79 Å². The molecule has 2 aromatic carbocycles. The fourth-order valence-corrected chi connectivity index (χ4v) is 2.98. The molecule has 136 valence electrons. The lowest BCUT2D eigenvalue weighted by molar-refractivity contribution is 0.0697. The minimum absolute atomic E-state index is 0.279. The molecule has 0 aliphatic heterocycles. The first kappa shape index (κ1) is 18.4. The number of carboxylic acid groups (broad SMARTS) is 1. The van der Waals surface area contributed by atoms with E-state index < -0.39 is 5.97 Å². The third-order valence-electron chi connectivity index (χ3n) is 4.51. The summed E-state index contributed by atoms with van der Waals surface area (Å²) < 4.78 is 0. The number of anilines is 1. The van der Waals surface area contributed by atoms with Crippen molar-refractivity contribution in [3.05, 3.63) is 95.1 Å². The minimum Gasteiger partial charge on any atom is -0.478 e. The number of aromatic carboxylic acids is 1. The Balaban J connectivity index is 2.12. The Kier molecular flexibility index (Phi) is 5.36. The third-order valence-corrected chi connectivity index (χ3v) is 4.51. The summed E-state index contributed by atoms with van der Waals surface area (Å²) >= 11 is 0. The summed E-state index contributed by atoms with van der Waals surface area (Å²) in [7, 11) is 5.79. The molecule has 27 heavy (non-hydrogen) atoms. The van der Waals surface area contributed by atoms with E-state index in [1.165, 1.54) is 0 Å². The Morgan fingerprint density at radius 3 is 1.74 bits per heavy atom. The topological polar surface area (TPSA) is 52.9 Å². The van der Waals surface area contributed by atoms with Gasteiger partial charge in [0.1, 0.15) is 0 Å². The van der Waals surface area contributed by atoms with Crippen molar-refractivity contribution in [2.24, 2.45) is 4.99 Å². The normalized spacial score (nSPS) is 12.9. The predicted molar refractivity (Wildman–Crippen MR) is 112 cm³/mol. The molecule has 0 saturated carbocycles. The quantitative estimate of drug-likeness (QED) is 0.878. The lowest BCUT2D eigenvalue weighted by Crippen LogP contribution is -2.08. The second-order valence-electron chi connectivity index (χ2n) is 6.47. The lowest BCUT2D eigenvalue weighted by atomic mass is 9.90. The number of carboxylic acids is 1. The standard InChI is InChI=1S/C23H22N2O2/c1-24-20-12-8-17(9-13-20)22(16-4-6-19(7-5-16)23(26)27)18-10-14-21(15-11-18)25(2)3/h4-15H,1-3H3,(H,26,27). The number of aliphatic imine (C=N–C) groups is 1. The molecule has 0 spiro atoms. The van der Waals surface area contributed by atoms with Gasteiger partial charge in [-0.1, -0.05) is 36.4 Å². The molecule has 0 unspecified atom stereocenters. The Labute approximate surface area is 159 Å². The molecule has 0 amide bonds. The highest BCUT2D eigenvalue weighted by Crippen LogP contribution is 2.31. The Hall–Kier alpha value is -3.40. The van der Waals surface area contributed by atoms with E-state index in [0.717, 1.165) is 33.7 Å². The van der Waals surface area contributed by atoms with Crippen molar-refractivity contribution >= 4 is 22.9 Å². The van der Waals surface area contributed by atoms with Crippen LogP contribution in [0.1, 0.15) is 21.5 Å². The van der Waals surface area contributed by atoms with Gasteiger partial charge in [-0.05, 0) is 58.7 Å². The van der Waals surface area contributed by atoms with Gasteiger partial charge in [0.05, 0.1) is 11.3 Å². The van der Waals surface area contributed by atoms with Crippen molar-refractivity contribution in [3.8, 4) is 0 Å². The molecule has 1 aliphatic carbocycles.